The lowest BCUT2D eigenvalue weighted by molar-refractivity contribution is -0.121. The number of ether oxygens (including phenoxy) is 1. The average Bonchev–Trinajstić information content (AvgIpc) is 2.32. The van der Waals surface area contributed by atoms with Crippen LogP contribution in [0.3, 0.4) is 0 Å². The maximum atomic E-state index is 11.4. The molecule has 0 saturated heterocycles. The van der Waals surface area contributed by atoms with Crippen molar-refractivity contribution < 1.29 is 9.53 Å². The lowest BCUT2D eigenvalue weighted by Gasteiger charge is -2.04. The molecule has 0 unspecified atom stereocenters. The number of benzene rings is 1. The molecule has 1 amide bonds. The lowest BCUT2D eigenvalue weighted by atomic mass is 10.1. The molecule has 94 valence electrons. The van der Waals surface area contributed by atoms with Gasteiger partial charge in [0.15, 0.2) is 0 Å². The molecule has 0 spiro atoms. The fraction of sp³-hybridized carbons (Fsp3) is 0.500. The molecule has 17 heavy (non-hydrogen) atoms. The van der Waals surface area contributed by atoms with Crippen molar-refractivity contribution >= 4 is 5.91 Å². The maximum absolute atomic E-state index is 11.4. The zero-order chi connectivity index (χ0) is 12.5. The van der Waals surface area contributed by atoms with Crippen molar-refractivity contribution in [1.29, 1.82) is 0 Å². The largest absolute Gasteiger partial charge is 0.383 e. The van der Waals surface area contributed by atoms with Crippen LogP contribution in [-0.2, 0) is 16.0 Å². The lowest BCUT2D eigenvalue weighted by Crippen LogP contribution is -2.26. The molecule has 0 aliphatic carbocycles. The van der Waals surface area contributed by atoms with Crippen LogP contribution in [0, 0.1) is 6.92 Å². The molecule has 0 heterocycles. The summed E-state index contributed by atoms with van der Waals surface area (Å²) in [5.74, 6) is 0.106. The fourth-order valence-electron chi connectivity index (χ4n) is 1.59. The van der Waals surface area contributed by atoms with E-state index < -0.39 is 0 Å². The van der Waals surface area contributed by atoms with Crippen molar-refractivity contribution in [3.8, 4) is 0 Å². The molecule has 0 aliphatic rings. The summed E-state index contributed by atoms with van der Waals surface area (Å²) in [6, 6.07) is 8.46. The molecule has 1 aromatic rings. The predicted molar refractivity (Wildman–Crippen MR) is 69.0 cm³/mol. The molecule has 3 heteroatoms. The van der Waals surface area contributed by atoms with Gasteiger partial charge in [-0.15, -0.1) is 0 Å². The molecule has 0 aromatic heterocycles. The summed E-state index contributed by atoms with van der Waals surface area (Å²) >= 11 is 0. The molecule has 0 fully saturated rings. The van der Waals surface area contributed by atoms with E-state index in [1.807, 2.05) is 0 Å². The molecular formula is C14H21NO2. The third kappa shape index (κ3) is 6.07. The van der Waals surface area contributed by atoms with Gasteiger partial charge in [-0.05, 0) is 25.3 Å². The van der Waals surface area contributed by atoms with Gasteiger partial charge < -0.3 is 10.1 Å². The van der Waals surface area contributed by atoms with Gasteiger partial charge in [-0.25, -0.2) is 0 Å². The van der Waals surface area contributed by atoms with Gasteiger partial charge in [0, 0.05) is 20.1 Å². The fourth-order valence-corrected chi connectivity index (χ4v) is 1.59. The normalized spacial score (nSPS) is 10.2. The van der Waals surface area contributed by atoms with E-state index in [2.05, 4.69) is 36.5 Å². The minimum atomic E-state index is 0.106. The Morgan fingerprint density at radius 2 is 2.00 bits per heavy atom. The molecule has 0 radical (unpaired) electrons. The standard InChI is InChI=1S/C14H21NO2/c1-12-6-8-13(9-7-12)4-3-5-14(16)15-10-11-17-2/h6-9H,3-5,10-11H2,1-2H3,(H,15,16). The number of aryl methyl sites for hydroxylation is 2. The molecule has 1 N–H and O–H groups in total. The summed E-state index contributed by atoms with van der Waals surface area (Å²) in [7, 11) is 1.63. The highest BCUT2D eigenvalue weighted by molar-refractivity contribution is 5.75. The van der Waals surface area contributed by atoms with Gasteiger partial charge in [0.2, 0.25) is 5.91 Å². The Bertz CT molecular complexity index is 333. The molecular weight excluding hydrogens is 214 g/mol. The number of carbonyl (C=O) groups is 1. The topological polar surface area (TPSA) is 38.3 Å². The Kier molecular flexibility index (Phi) is 6.33. The number of rotatable bonds is 7. The minimum absolute atomic E-state index is 0.106. The van der Waals surface area contributed by atoms with Crippen LogP contribution in [0.2, 0.25) is 0 Å². The van der Waals surface area contributed by atoms with Gasteiger partial charge in [-0.1, -0.05) is 29.8 Å². The first-order chi connectivity index (χ1) is 8.22. The summed E-state index contributed by atoms with van der Waals surface area (Å²) in [4.78, 5) is 11.4. The van der Waals surface area contributed by atoms with Gasteiger partial charge in [0.25, 0.3) is 0 Å². The second kappa shape index (κ2) is 7.85. The molecule has 0 atom stereocenters. The highest BCUT2D eigenvalue weighted by atomic mass is 16.5. The van der Waals surface area contributed by atoms with Crippen molar-refractivity contribution in [3.05, 3.63) is 35.4 Å². The monoisotopic (exact) mass is 235 g/mol. The van der Waals surface area contributed by atoms with E-state index in [0.717, 1.165) is 12.8 Å². The van der Waals surface area contributed by atoms with Crippen molar-refractivity contribution in [3.63, 3.8) is 0 Å². The van der Waals surface area contributed by atoms with Gasteiger partial charge in [-0.3, -0.25) is 4.79 Å². The van der Waals surface area contributed by atoms with E-state index in [0.29, 0.717) is 19.6 Å². The number of nitrogens with one attached hydrogen (secondary N) is 1. The highest BCUT2D eigenvalue weighted by Crippen LogP contribution is 2.06. The van der Waals surface area contributed by atoms with Crippen LogP contribution in [0.25, 0.3) is 0 Å². The van der Waals surface area contributed by atoms with Gasteiger partial charge in [0.05, 0.1) is 6.61 Å². The van der Waals surface area contributed by atoms with Crippen LogP contribution < -0.4 is 5.32 Å². The Labute approximate surface area is 103 Å². The Morgan fingerprint density at radius 3 is 2.65 bits per heavy atom. The number of carbonyl (C=O) groups excluding carboxylic acids is 1. The molecule has 0 saturated carbocycles. The van der Waals surface area contributed by atoms with Crippen LogP contribution in [0.4, 0.5) is 0 Å². The quantitative estimate of drug-likeness (QED) is 0.735. The minimum Gasteiger partial charge on any atom is -0.383 e. The number of methoxy groups -OCH3 is 1. The third-order valence-corrected chi connectivity index (χ3v) is 2.62. The average molecular weight is 235 g/mol. The summed E-state index contributed by atoms with van der Waals surface area (Å²) in [5.41, 5.74) is 2.56. The van der Waals surface area contributed by atoms with E-state index in [1.54, 1.807) is 7.11 Å². The predicted octanol–water partition coefficient (Wildman–Crippen LogP) is 2.08. The SMILES string of the molecule is COCCNC(=O)CCCc1ccc(C)cc1. The summed E-state index contributed by atoms with van der Waals surface area (Å²) in [6.07, 6.45) is 2.43. The Balaban J connectivity index is 2.14. The third-order valence-electron chi connectivity index (χ3n) is 2.62. The van der Waals surface area contributed by atoms with Crippen molar-refractivity contribution in [1.82, 2.24) is 5.32 Å². The van der Waals surface area contributed by atoms with Crippen LogP contribution in [0.5, 0.6) is 0 Å². The Hall–Kier alpha value is -1.35. The number of hydrogen-bond acceptors (Lipinski definition) is 2. The van der Waals surface area contributed by atoms with Gasteiger partial charge in [0.1, 0.15) is 0 Å². The summed E-state index contributed by atoms with van der Waals surface area (Å²) < 4.78 is 4.86. The first kappa shape index (κ1) is 13.7. The zero-order valence-corrected chi connectivity index (χ0v) is 10.7. The van der Waals surface area contributed by atoms with E-state index in [1.165, 1.54) is 11.1 Å². The summed E-state index contributed by atoms with van der Waals surface area (Å²) in [5, 5.41) is 2.82. The van der Waals surface area contributed by atoms with E-state index >= 15 is 0 Å². The van der Waals surface area contributed by atoms with Gasteiger partial charge >= 0.3 is 0 Å². The first-order valence-corrected chi connectivity index (χ1v) is 6.03. The molecule has 3 nitrogen and oxygen atoms in total. The van der Waals surface area contributed by atoms with Crippen LogP contribution in [-0.4, -0.2) is 26.2 Å². The van der Waals surface area contributed by atoms with Crippen LogP contribution >= 0.6 is 0 Å². The van der Waals surface area contributed by atoms with Crippen molar-refractivity contribution in [2.24, 2.45) is 0 Å². The highest BCUT2D eigenvalue weighted by Gasteiger charge is 2.00. The molecule has 0 aliphatic heterocycles. The Morgan fingerprint density at radius 1 is 1.29 bits per heavy atom. The molecule has 0 bridgehead atoms. The van der Waals surface area contributed by atoms with E-state index in [4.69, 9.17) is 4.74 Å². The smallest absolute Gasteiger partial charge is 0.220 e. The second-order valence-electron chi connectivity index (χ2n) is 4.18. The maximum Gasteiger partial charge on any atom is 0.220 e. The van der Waals surface area contributed by atoms with Crippen molar-refractivity contribution in [2.45, 2.75) is 26.2 Å². The zero-order valence-electron chi connectivity index (χ0n) is 10.7. The van der Waals surface area contributed by atoms with Crippen LogP contribution in [0.1, 0.15) is 24.0 Å². The van der Waals surface area contributed by atoms with E-state index in [-0.39, 0.29) is 5.91 Å². The van der Waals surface area contributed by atoms with Gasteiger partial charge in [-0.2, -0.15) is 0 Å². The van der Waals surface area contributed by atoms with Crippen LogP contribution in [0.15, 0.2) is 24.3 Å². The first-order valence-electron chi connectivity index (χ1n) is 6.03. The second-order valence-corrected chi connectivity index (χ2v) is 4.18. The number of hydrogen-bond donors (Lipinski definition) is 1. The molecule has 1 rings (SSSR count). The number of amides is 1. The summed E-state index contributed by atoms with van der Waals surface area (Å²) in [6.45, 7) is 3.25. The van der Waals surface area contributed by atoms with Crippen molar-refractivity contribution in [2.75, 3.05) is 20.3 Å². The molecule has 1 aromatic carbocycles. The van der Waals surface area contributed by atoms with E-state index in [9.17, 15) is 4.79 Å².